The Bertz CT molecular complexity index is 197. The molecule has 1 fully saturated rings. The monoisotopic (exact) mass is 214 g/mol. The molecule has 1 amide bonds. The van der Waals surface area contributed by atoms with Crippen molar-refractivity contribution in [3.05, 3.63) is 0 Å². The highest BCUT2D eigenvalue weighted by Gasteiger charge is 2.22. The Kier molecular flexibility index (Phi) is 5.65. The van der Waals surface area contributed by atoms with Gasteiger partial charge < -0.3 is 15.8 Å². The Morgan fingerprint density at radius 2 is 2.20 bits per heavy atom. The molecule has 0 bridgehead atoms. The van der Waals surface area contributed by atoms with E-state index in [0.717, 1.165) is 19.3 Å². The second-order valence-corrected chi connectivity index (χ2v) is 4.22. The van der Waals surface area contributed by atoms with Crippen molar-refractivity contribution in [2.75, 3.05) is 13.7 Å². The Labute approximate surface area is 91.5 Å². The second-order valence-electron chi connectivity index (χ2n) is 4.22. The number of hydrogen-bond acceptors (Lipinski definition) is 3. The van der Waals surface area contributed by atoms with Crippen molar-refractivity contribution >= 4 is 5.91 Å². The Balaban J connectivity index is 2.18. The van der Waals surface area contributed by atoms with E-state index in [1.807, 2.05) is 0 Å². The molecule has 0 aromatic carbocycles. The molecule has 2 atom stereocenters. The molecule has 0 heterocycles. The summed E-state index contributed by atoms with van der Waals surface area (Å²) < 4.78 is 4.90. The van der Waals surface area contributed by atoms with Crippen molar-refractivity contribution in [1.82, 2.24) is 5.32 Å². The molecule has 0 aliphatic heterocycles. The quantitative estimate of drug-likeness (QED) is 0.665. The topological polar surface area (TPSA) is 64.3 Å². The maximum absolute atomic E-state index is 11.5. The highest BCUT2D eigenvalue weighted by atomic mass is 16.5. The molecule has 0 radical (unpaired) electrons. The molecular formula is C11H22N2O2. The summed E-state index contributed by atoms with van der Waals surface area (Å²) >= 11 is 0. The van der Waals surface area contributed by atoms with Crippen LogP contribution in [0.3, 0.4) is 0 Å². The predicted octanol–water partition coefficient (Wildman–Crippen LogP) is 0.799. The zero-order valence-electron chi connectivity index (χ0n) is 9.50. The van der Waals surface area contributed by atoms with Gasteiger partial charge in [0, 0.05) is 32.2 Å². The van der Waals surface area contributed by atoms with Crippen LogP contribution in [0.4, 0.5) is 0 Å². The van der Waals surface area contributed by atoms with Gasteiger partial charge >= 0.3 is 0 Å². The first-order valence-electron chi connectivity index (χ1n) is 5.78. The van der Waals surface area contributed by atoms with Crippen LogP contribution in [0.15, 0.2) is 0 Å². The summed E-state index contributed by atoms with van der Waals surface area (Å²) in [6.45, 7) is 0.643. The lowest BCUT2D eigenvalue weighted by Gasteiger charge is -2.29. The number of ether oxygens (including phenoxy) is 1. The highest BCUT2D eigenvalue weighted by Crippen LogP contribution is 2.16. The third-order valence-electron chi connectivity index (χ3n) is 2.92. The molecule has 0 aromatic rings. The first-order chi connectivity index (χ1) is 7.24. The summed E-state index contributed by atoms with van der Waals surface area (Å²) in [6.07, 6.45) is 5.75. The van der Waals surface area contributed by atoms with Gasteiger partial charge in [-0.2, -0.15) is 0 Å². The lowest BCUT2D eigenvalue weighted by molar-refractivity contribution is -0.122. The molecule has 4 heteroatoms. The van der Waals surface area contributed by atoms with Crippen LogP contribution < -0.4 is 11.1 Å². The Hall–Kier alpha value is -0.610. The predicted molar refractivity (Wildman–Crippen MR) is 59.5 cm³/mol. The third kappa shape index (κ3) is 4.62. The number of amides is 1. The van der Waals surface area contributed by atoms with E-state index in [1.165, 1.54) is 12.8 Å². The van der Waals surface area contributed by atoms with Crippen LogP contribution in [0.25, 0.3) is 0 Å². The van der Waals surface area contributed by atoms with Crippen molar-refractivity contribution in [2.24, 2.45) is 5.73 Å². The van der Waals surface area contributed by atoms with E-state index < -0.39 is 0 Å². The Morgan fingerprint density at radius 3 is 2.87 bits per heavy atom. The number of nitrogens with one attached hydrogen (secondary N) is 1. The number of methoxy groups -OCH3 is 1. The third-order valence-corrected chi connectivity index (χ3v) is 2.92. The van der Waals surface area contributed by atoms with E-state index in [2.05, 4.69) is 5.32 Å². The van der Waals surface area contributed by atoms with Crippen LogP contribution in [-0.4, -0.2) is 31.7 Å². The van der Waals surface area contributed by atoms with Crippen LogP contribution >= 0.6 is 0 Å². The second kappa shape index (κ2) is 6.80. The molecule has 0 aromatic heterocycles. The molecular weight excluding hydrogens is 192 g/mol. The van der Waals surface area contributed by atoms with Crippen LogP contribution in [0.2, 0.25) is 0 Å². The molecule has 3 N–H and O–H groups in total. The first kappa shape index (κ1) is 12.5. The molecule has 88 valence electrons. The zero-order valence-corrected chi connectivity index (χ0v) is 9.50. The van der Waals surface area contributed by atoms with E-state index in [9.17, 15) is 4.79 Å². The lowest BCUT2D eigenvalue weighted by atomic mass is 9.91. The van der Waals surface area contributed by atoms with Gasteiger partial charge in [0.25, 0.3) is 0 Å². The van der Waals surface area contributed by atoms with Gasteiger partial charge in [0.1, 0.15) is 0 Å². The van der Waals surface area contributed by atoms with Crippen LogP contribution in [0, 0.1) is 0 Å². The summed E-state index contributed by atoms with van der Waals surface area (Å²) in [6, 6.07) is 0.332. The molecule has 1 saturated carbocycles. The Morgan fingerprint density at radius 1 is 1.47 bits per heavy atom. The fourth-order valence-corrected chi connectivity index (χ4v) is 1.99. The van der Waals surface area contributed by atoms with Crippen molar-refractivity contribution in [3.63, 3.8) is 0 Å². The fourth-order valence-electron chi connectivity index (χ4n) is 1.99. The summed E-state index contributed by atoms with van der Waals surface area (Å²) in [5, 5.41) is 3.01. The number of hydrogen-bond donors (Lipinski definition) is 2. The largest absolute Gasteiger partial charge is 0.385 e. The summed E-state index contributed by atoms with van der Waals surface area (Å²) in [5.41, 5.74) is 5.94. The minimum Gasteiger partial charge on any atom is -0.385 e. The van der Waals surface area contributed by atoms with E-state index in [1.54, 1.807) is 7.11 Å². The van der Waals surface area contributed by atoms with E-state index in [4.69, 9.17) is 10.5 Å². The zero-order chi connectivity index (χ0) is 11.1. The summed E-state index contributed by atoms with van der Waals surface area (Å²) in [7, 11) is 1.65. The summed E-state index contributed by atoms with van der Waals surface area (Å²) in [4.78, 5) is 11.5. The maximum Gasteiger partial charge on any atom is 0.220 e. The number of rotatable bonds is 5. The SMILES string of the molecule is COCCCC(=O)N[C@@H]1CCCC[C@H]1N. The molecule has 0 unspecified atom stereocenters. The average Bonchev–Trinajstić information content (AvgIpc) is 2.22. The summed E-state index contributed by atoms with van der Waals surface area (Å²) in [5.74, 6) is 0.106. The maximum atomic E-state index is 11.5. The minimum absolute atomic E-state index is 0.106. The normalized spacial score (nSPS) is 26.3. The molecule has 4 nitrogen and oxygen atoms in total. The van der Waals surface area contributed by atoms with E-state index >= 15 is 0 Å². The molecule has 15 heavy (non-hydrogen) atoms. The van der Waals surface area contributed by atoms with Gasteiger partial charge in [-0.25, -0.2) is 0 Å². The molecule has 1 aliphatic carbocycles. The highest BCUT2D eigenvalue weighted by molar-refractivity contribution is 5.76. The van der Waals surface area contributed by atoms with Gasteiger partial charge in [0.2, 0.25) is 5.91 Å². The van der Waals surface area contributed by atoms with Crippen molar-refractivity contribution in [2.45, 2.75) is 50.6 Å². The fraction of sp³-hybridized carbons (Fsp3) is 0.909. The number of nitrogens with two attached hydrogens (primary N) is 1. The molecule has 0 spiro atoms. The van der Waals surface area contributed by atoms with Gasteiger partial charge in [0.15, 0.2) is 0 Å². The molecule has 1 aliphatic rings. The van der Waals surface area contributed by atoms with Crippen LogP contribution in [0.1, 0.15) is 38.5 Å². The van der Waals surface area contributed by atoms with E-state index in [-0.39, 0.29) is 18.0 Å². The first-order valence-corrected chi connectivity index (χ1v) is 5.78. The number of carbonyl (C=O) groups excluding carboxylic acids is 1. The standard InChI is InChI=1S/C11H22N2O2/c1-15-8-4-7-11(14)13-10-6-3-2-5-9(10)12/h9-10H,2-8,12H2,1H3,(H,13,14)/t9-,10-/m1/s1. The van der Waals surface area contributed by atoms with Gasteiger partial charge in [-0.3, -0.25) is 4.79 Å². The lowest BCUT2D eigenvalue weighted by Crippen LogP contribution is -2.49. The van der Waals surface area contributed by atoms with Crippen LogP contribution in [0.5, 0.6) is 0 Å². The van der Waals surface area contributed by atoms with E-state index in [0.29, 0.717) is 13.0 Å². The van der Waals surface area contributed by atoms with Crippen molar-refractivity contribution < 1.29 is 9.53 Å². The van der Waals surface area contributed by atoms with Crippen molar-refractivity contribution in [1.29, 1.82) is 0 Å². The van der Waals surface area contributed by atoms with Crippen molar-refractivity contribution in [3.8, 4) is 0 Å². The smallest absolute Gasteiger partial charge is 0.220 e. The van der Waals surface area contributed by atoms with Crippen LogP contribution in [-0.2, 0) is 9.53 Å². The minimum atomic E-state index is 0.106. The van der Waals surface area contributed by atoms with Gasteiger partial charge in [-0.1, -0.05) is 12.8 Å². The van der Waals surface area contributed by atoms with Gasteiger partial charge in [0.05, 0.1) is 0 Å². The molecule has 1 rings (SSSR count). The molecule has 0 saturated heterocycles. The van der Waals surface area contributed by atoms with Gasteiger partial charge in [-0.15, -0.1) is 0 Å². The average molecular weight is 214 g/mol. The van der Waals surface area contributed by atoms with Gasteiger partial charge in [-0.05, 0) is 19.3 Å². The number of carbonyl (C=O) groups is 1.